The van der Waals surface area contributed by atoms with Crippen molar-refractivity contribution in [3.63, 3.8) is 0 Å². The lowest BCUT2D eigenvalue weighted by atomic mass is 10.2. The topological polar surface area (TPSA) is 73.1 Å². The van der Waals surface area contributed by atoms with Gasteiger partial charge in [0.05, 0.1) is 12.1 Å². The number of halogens is 2. The van der Waals surface area contributed by atoms with Gasteiger partial charge in [-0.05, 0) is 41.8 Å². The van der Waals surface area contributed by atoms with Crippen molar-refractivity contribution in [2.75, 3.05) is 5.32 Å². The van der Waals surface area contributed by atoms with Crippen LogP contribution in [0.4, 0.5) is 10.1 Å². The van der Waals surface area contributed by atoms with E-state index < -0.39 is 23.0 Å². The summed E-state index contributed by atoms with van der Waals surface area (Å²) in [7, 11) is 0. The molecule has 0 radical (unpaired) electrons. The molecule has 0 aliphatic heterocycles. The van der Waals surface area contributed by atoms with E-state index in [0.717, 1.165) is 4.57 Å². The number of rotatable bonds is 5. The van der Waals surface area contributed by atoms with Crippen LogP contribution in [0.2, 0.25) is 5.02 Å². The lowest BCUT2D eigenvalue weighted by molar-refractivity contribution is -0.116. The summed E-state index contributed by atoms with van der Waals surface area (Å²) in [5.74, 6) is -0.954. The molecule has 0 aliphatic rings. The first-order chi connectivity index (χ1) is 14.4. The van der Waals surface area contributed by atoms with Crippen LogP contribution in [0.5, 0.6) is 0 Å². The maximum absolute atomic E-state index is 14.1. The zero-order valence-corrected chi connectivity index (χ0v) is 17.0. The van der Waals surface area contributed by atoms with Crippen LogP contribution in [0.25, 0.3) is 10.2 Å². The molecule has 4 rings (SSSR count). The molecule has 152 valence electrons. The van der Waals surface area contributed by atoms with Crippen LogP contribution < -0.4 is 16.6 Å². The Kier molecular flexibility index (Phi) is 5.52. The summed E-state index contributed by atoms with van der Waals surface area (Å²) in [6.07, 6.45) is 0. The normalized spacial score (nSPS) is 11.0. The van der Waals surface area contributed by atoms with Gasteiger partial charge >= 0.3 is 5.69 Å². The molecule has 0 spiro atoms. The Balaban J connectivity index is 1.72. The van der Waals surface area contributed by atoms with Gasteiger partial charge in [-0.3, -0.25) is 18.7 Å². The van der Waals surface area contributed by atoms with Crippen molar-refractivity contribution >= 4 is 44.7 Å². The number of nitrogens with one attached hydrogen (secondary N) is 1. The predicted octanol–water partition coefficient (Wildman–Crippen LogP) is 3.70. The highest BCUT2D eigenvalue weighted by Gasteiger charge is 2.17. The second-order valence-electron chi connectivity index (χ2n) is 6.54. The maximum atomic E-state index is 14.1. The Morgan fingerprint density at radius 2 is 1.77 bits per heavy atom. The maximum Gasteiger partial charge on any atom is 0.332 e. The Bertz CT molecular complexity index is 1360. The minimum absolute atomic E-state index is 0.213. The van der Waals surface area contributed by atoms with Crippen LogP contribution in [0.1, 0.15) is 5.56 Å². The van der Waals surface area contributed by atoms with Gasteiger partial charge in [-0.2, -0.15) is 0 Å². The molecule has 6 nitrogen and oxygen atoms in total. The number of benzene rings is 2. The number of hydrogen-bond acceptors (Lipinski definition) is 4. The molecule has 4 aromatic rings. The van der Waals surface area contributed by atoms with Crippen molar-refractivity contribution in [3.8, 4) is 0 Å². The average Bonchev–Trinajstić information content (AvgIpc) is 3.21. The minimum atomic E-state index is -0.680. The number of amides is 1. The van der Waals surface area contributed by atoms with Crippen LogP contribution >= 0.6 is 22.9 Å². The quantitative estimate of drug-likeness (QED) is 0.511. The molecule has 0 saturated carbocycles. The van der Waals surface area contributed by atoms with Gasteiger partial charge in [0.1, 0.15) is 17.1 Å². The molecule has 0 fully saturated rings. The van der Waals surface area contributed by atoms with Gasteiger partial charge in [-0.15, -0.1) is 11.3 Å². The predicted molar refractivity (Wildman–Crippen MR) is 116 cm³/mol. The molecule has 30 heavy (non-hydrogen) atoms. The average molecular weight is 444 g/mol. The third-order valence-electron chi connectivity index (χ3n) is 4.55. The zero-order chi connectivity index (χ0) is 21.3. The van der Waals surface area contributed by atoms with Crippen LogP contribution in [-0.2, 0) is 17.9 Å². The number of carbonyl (C=O) groups excluding carboxylic acids is 1. The summed E-state index contributed by atoms with van der Waals surface area (Å²) in [6.45, 7) is -0.525. The fourth-order valence-electron chi connectivity index (χ4n) is 3.10. The van der Waals surface area contributed by atoms with Gasteiger partial charge in [-0.25, -0.2) is 9.18 Å². The Hall–Kier alpha value is -3.23. The van der Waals surface area contributed by atoms with Crippen LogP contribution in [0.3, 0.4) is 0 Å². The van der Waals surface area contributed by atoms with Gasteiger partial charge in [-0.1, -0.05) is 29.8 Å². The van der Waals surface area contributed by atoms with Crippen molar-refractivity contribution in [3.05, 3.63) is 97.2 Å². The molecule has 0 aliphatic carbocycles. The van der Waals surface area contributed by atoms with Crippen molar-refractivity contribution in [2.45, 2.75) is 13.1 Å². The zero-order valence-electron chi connectivity index (χ0n) is 15.5. The highest BCUT2D eigenvalue weighted by molar-refractivity contribution is 7.17. The highest BCUT2D eigenvalue weighted by atomic mass is 35.5. The Morgan fingerprint density at radius 3 is 2.50 bits per heavy atom. The van der Waals surface area contributed by atoms with Crippen LogP contribution in [-0.4, -0.2) is 15.0 Å². The highest BCUT2D eigenvalue weighted by Crippen LogP contribution is 2.17. The van der Waals surface area contributed by atoms with Crippen molar-refractivity contribution in [1.82, 2.24) is 9.13 Å². The van der Waals surface area contributed by atoms with Gasteiger partial charge in [0.2, 0.25) is 5.91 Å². The number of carbonyl (C=O) groups is 1. The number of hydrogen-bond donors (Lipinski definition) is 1. The van der Waals surface area contributed by atoms with E-state index in [1.165, 1.54) is 34.1 Å². The molecule has 1 N–H and O–H groups in total. The van der Waals surface area contributed by atoms with E-state index in [1.54, 1.807) is 41.8 Å². The van der Waals surface area contributed by atoms with E-state index in [9.17, 15) is 18.8 Å². The summed E-state index contributed by atoms with van der Waals surface area (Å²) < 4.78 is 16.6. The molecule has 0 saturated heterocycles. The smallest absolute Gasteiger partial charge is 0.325 e. The van der Waals surface area contributed by atoms with Crippen molar-refractivity contribution in [2.24, 2.45) is 0 Å². The Labute approximate surface area is 178 Å². The van der Waals surface area contributed by atoms with E-state index in [4.69, 9.17) is 11.6 Å². The molecule has 2 heterocycles. The number of anilines is 1. The second kappa shape index (κ2) is 8.25. The van der Waals surface area contributed by atoms with Crippen LogP contribution in [0.15, 0.2) is 69.6 Å². The van der Waals surface area contributed by atoms with E-state index in [-0.39, 0.29) is 18.7 Å². The standard InChI is InChI=1S/C21H15ClFN3O3S/c22-14-5-7-15(8-6-14)24-18(27)12-25-17-9-10-30-19(17)20(28)26(21(25)29)11-13-3-1-2-4-16(13)23/h1-10H,11-12H2,(H,24,27). The Morgan fingerprint density at radius 1 is 1.03 bits per heavy atom. The summed E-state index contributed by atoms with van der Waals surface area (Å²) >= 11 is 7.01. The number of nitrogens with zero attached hydrogens (tertiary/aromatic N) is 2. The van der Waals surface area contributed by atoms with Gasteiger partial charge in [0.25, 0.3) is 5.56 Å². The summed E-state index contributed by atoms with van der Waals surface area (Å²) in [5.41, 5.74) is -0.0856. The molecule has 0 atom stereocenters. The molecule has 2 aromatic heterocycles. The molecule has 9 heteroatoms. The monoisotopic (exact) mass is 443 g/mol. The van der Waals surface area contributed by atoms with Gasteiger partial charge < -0.3 is 5.32 Å². The fraction of sp³-hybridized carbons (Fsp3) is 0.0952. The lowest BCUT2D eigenvalue weighted by Crippen LogP contribution is -2.41. The first-order valence-electron chi connectivity index (χ1n) is 8.93. The first-order valence-corrected chi connectivity index (χ1v) is 10.2. The molecule has 2 aromatic carbocycles. The SMILES string of the molecule is O=C(Cn1c(=O)n(Cc2ccccc2F)c(=O)c2sccc21)Nc1ccc(Cl)cc1. The number of fused-ring (bicyclic) bond motifs is 1. The molecule has 0 unspecified atom stereocenters. The van der Waals surface area contributed by atoms with E-state index >= 15 is 0 Å². The van der Waals surface area contributed by atoms with E-state index in [1.807, 2.05) is 0 Å². The largest absolute Gasteiger partial charge is 0.332 e. The molecule has 1 amide bonds. The molecular formula is C21H15ClFN3O3S. The molecule has 0 bridgehead atoms. The molecular weight excluding hydrogens is 429 g/mol. The third kappa shape index (κ3) is 3.92. The van der Waals surface area contributed by atoms with Crippen molar-refractivity contribution < 1.29 is 9.18 Å². The van der Waals surface area contributed by atoms with E-state index in [0.29, 0.717) is 20.9 Å². The summed E-state index contributed by atoms with van der Waals surface area (Å²) in [5, 5.41) is 4.90. The first kappa shape index (κ1) is 20.1. The van der Waals surface area contributed by atoms with Gasteiger partial charge in [0, 0.05) is 16.3 Å². The lowest BCUT2D eigenvalue weighted by Gasteiger charge is -2.13. The summed E-state index contributed by atoms with van der Waals surface area (Å²) in [4.78, 5) is 38.4. The number of aromatic nitrogens is 2. The van der Waals surface area contributed by atoms with Gasteiger partial charge in [0.15, 0.2) is 0 Å². The van der Waals surface area contributed by atoms with Crippen molar-refractivity contribution in [1.29, 1.82) is 0 Å². The van der Waals surface area contributed by atoms with Crippen LogP contribution in [0, 0.1) is 5.82 Å². The third-order valence-corrected chi connectivity index (χ3v) is 5.70. The minimum Gasteiger partial charge on any atom is -0.325 e. The second-order valence-corrected chi connectivity index (χ2v) is 7.89. The van der Waals surface area contributed by atoms with E-state index in [2.05, 4.69) is 5.32 Å². The number of thiophene rings is 1. The summed E-state index contributed by atoms with van der Waals surface area (Å²) in [6, 6.07) is 14.1. The fourth-order valence-corrected chi connectivity index (χ4v) is 4.07.